The van der Waals surface area contributed by atoms with Crippen molar-refractivity contribution < 1.29 is 14.9 Å². The zero-order valence-corrected chi connectivity index (χ0v) is 10.5. The van der Waals surface area contributed by atoms with E-state index >= 15 is 0 Å². The van der Waals surface area contributed by atoms with E-state index in [1.165, 1.54) is 6.33 Å². The van der Waals surface area contributed by atoms with E-state index in [9.17, 15) is 10.2 Å². The third-order valence-corrected chi connectivity index (χ3v) is 3.60. The molecule has 8 heteroatoms. The third kappa shape index (κ3) is 1.79. The number of aromatic nitrogens is 2. The molecule has 1 aromatic rings. The van der Waals surface area contributed by atoms with E-state index in [4.69, 9.17) is 10.5 Å². The number of aliphatic hydroxyl groups excluding tert-OH is 2. The Hall–Kier alpha value is -1.64. The molecule has 5 N–H and O–H groups in total. The number of nitrogen functional groups attached to an aromatic ring is 1. The second kappa shape index (κ2) is 4.48. The number of ether oxygens (including phenoxy) is 1. The fourth-order valence-electron chi connectivity index (χ4n) is 2.55. The number of nitrogens with one attached hydrogen (secondary N) is 1. The van der Waals surface area contributed by atoms with Crippen LogP contribution in [0, 0.1) is 0 Å². The maximum atomic E-state index is 10.1. The summed E-state index contributed by atoms with van der Waals surface area (Å²) >= 11 is 0. The number of aliphatic hydroxyl groups is 2. The van der Waals surface area contributed by atoms with Crippen LogP contribution in [0.3, 0.4) is 0 Å². The molecule has 2 aliphatic rings. The monoisotopic (exact) mass is 267 g/mol. The Bertz CT molecular complexity index is 485. The molecule has 0 spiro atoms. The molecule has 0 radical (unpaired) electrons. The summed E-state index contributed by atoms with van der Waals surface area (Å²) in [6.07, 6.45) is -0.879. The number of nitrogens with two attached hydrogens (primary N) is 1. The molecule has 0 bridgehead atoms. The number of hydrogen-bond donors (Lipinski definition) is 4. The van der Waals surface area contributed by atoms with Crippen LogP contribution in [0.1, 0.15) is 13.3 Å². The summed E-state index contributed by atoms with van der Waals surface area (Å²) in [4.78, 5) is 9.80. The van der Waals surface area contributed by atoms with Gasteiger partial charge in [0.25, 0.3) is 0 Å². The van der Waals surface area contributed by atoms with Crippen molar-refractivity contribution in [3.63, 3.8) is 0 Å². The first-order chi connectivity index (χ1) is 9.13. The molecule has 1 aromatic heterocycles. The van der Waals surface area contributed by atoms with Crippen LogP contribution in [0.4, 0.5) is 17.3 Å². The molecule has 3 heterocycles. The van der Waals surface area contributed by atoms with Crippen LogP contribution >= 0.6 is 0 Å². The maximum Gasteiger partial charge on any atom is 0.162 e. The summed E-state index contributed by atoms with van der Waals surface area (Å²) < 4.78 is 5.70. The van der Waals surface area contributed by atoms with Crippen molar-refractivity contribution in [1.82, 2.24) is 9.97 Å². The Morgan fingerprint density at radius 1 is 1.47 bits per heavy atom. The van der Waals surface area contributed by atoms with Gasteiger partial charge >= 0.3 is 0 Å². The molecule has 0 aromatic carbocycles. The first-order valence-electron chi connectivity index (χ1n) is 6.26. The Morgan fingerprint density at radius 3 is 2.95 bits per heavy atom. The van der Waals surface area contributed by atoms with Gasteiger partial charge in [-0.2, -0.15) is 0 Å². The minimum atomic E-state index is -0.978. The molecule has 19 heavy (non-hydrogen) atoms. The first kappa shape index (κ1) is 12.4. The average molecular weight is 267 g/mol. The highest BCUT2D eigenvalue weighted by Crippen LogP contribution is 2.37. The molecule has 4 atom stereocenters. The zero-order valence-electron chi connectivity index (χ0n) is 10.5. The molecule has 2 aliphatic heterocycles. The Kier molecular flexibility index (Phi) is 2.92. The Labute approximate surface area is 110 Å². The molecule has 0 amide bonds. The summed E-state index contributed by atoms with van der Waals surface area (Å²) in [5.74, 6) is 0.938. The quantitative estimate of drug-likeness (QED) is 0.545. The van der Waals surface area contributed by atoms with Crippen LogP contribution in [0.25, 0.3) is 0 Å². The number of hydrogen-bond acceptors (Lipinski definition) is 8. The van der Waals surface area contributed by atoms with Gasteiger partial charge in [-0.05, 0) is 6.42 Å². The Balaban J connectivity index is 1.88. The molecular weight excluding hydrogens is 250 g/mol. The summed E-state index contributed by atoms with van der Waals surface area (Å²) in [5, 5.41) is 23.1. The molecular formula is C11H17N5O3. The van der Waals surface area contributed by atoms with Gasteiger partial charge in [-0.15, -0.1) is 0 Å². The molecule has 1 fully saturated rings. The van der Waals surface area contributed by atoms with Crippen LogP contribution in [-0.4, -0.2) is 51.4 Å². The highest BCUT2D eigenvalue weighted by molar-refractivity contribution is 5.80. The van der Waals surface area contributed by atoms with E-state index in [0.29, 0.717) is 30.4 Å². The number of rotatable bonds is 2. The SMILES string of the molecule is CCC1OC(N2CNc3c(N)ncnc32)C(O)C1O. The molecule has 3 rings (SSSR count). The second-order valence-electron chi connectivity index (χ2n) is 4.72. The zero-order chi connectivity index (χ0) is 13.6. The van der Waals surface area contributed by atoms with Crippen LogP contribution in [-0.2, 0) is 4.74 Å². The fourth-order valence-corrected chi connectivity index (χ4v) is 2.55. The molecule has 0 aliphatic carbocycles. The third-order valence-electron chi connectivity index (χ3n) is 3.60. The summed E-state index contributed by atoms with van der Waals surface area (Å²) in [5.41, 5.74) is 6.39. The normalized spacial score (nSPS) is 33.3. The lowest BCUT2D eigenvalue weighted by Gasteiger charge is -2.26. The summed E-state index contributed by atoms with van der Waals surface area (Å²) in [6.45, 7) is 2.31. The van der Waals surface area contributed by atoms with Crippen molar-refractivity contribution >= 4 is 17.3 Å². The van der Waals surface area contributed by atoms with E-state index in [1.807, 2.05) is 6.92 Å². The lowest BCUT2D eigenvalue weighted by molar-refractivity contribution is 0.00625. The first-order valence-corrected chi connectivity index (χ1v) is 6.26. The van der Waals surface area contributed by atoms with E-state index in [1.54, 1.807) is 4.90 Å². The van der Waals surface area contributed by atoms with E-state index in [-0.39, 0.29) is 6.10 Å². The molecule has 0 saturated carbocycles. The van der Waals surface area contributed by atoms with Crippen molar-refractivity contribution in [2.45, 2.75) is 37.9 Å². The van der Waals surface area contributed by atoms with Crippen molar-refractivity contribution in [2.75, 3.05) is 22.6 Å². The number of fused-ring (bicyclic) bond motifs is 1. The van der Waals surface area contributed by atoms with Crippen LogP contribution in [0.2, 0.25) is 0 Å². The van der Waals surface area contributed by atoms with Gasteiger partial charge < -0.3 is 30.9 Å². The topological polar surface area (TPSA) is 117 Å². The molecule has 104 valence electrons. The number of nitrogens with zero attached hydrogens (tertiary/aromatic N) is 3. The van der Waals surface area contributed by atoms with E-state index in [0.717, 1.165) is 0 Å². The minimum Gasteiger partial charge on any atom is -0.388 e. The lowest BCUT2D eigenvalue weighted by atomic mass is 10.1. The predicted molar refractivity (Wildman–Crippen MR) is 68.4 cm³/mol. The van der Waals surface area contributed by atoms with Gasteiger partial charge in [0.05, 0.1) is 12.8 Å². The van der Waals surface area contributed by atoms with Crippen molar-refractivity contribution in [3.8, 4) is 0 Å². The van der Waals surface area contributed by atoms with Gasteiger partial charge in [0.2, 0.25) is 0 Å². The predicted octanol–water partition coefficient (Wildman–Crippen LogP) is -0.895. The highest BCUT2D eigenvalue weighted by Gasteiger charge is 2.46. The van der Waals surface area contributed by atoms with Crippen LogP contribution in [0.5, 0.6) is 0 Å². The van der Waals surface area contributed by atoms with Gasteiger partial charge in [0.15, 0.2) is 17.9 Å². The van der Waals surface area contributed by atoms with E-state index in [2.05, 4.69) is 15.3 Å². The van der Waals surface area contributed by atoms with Crippen molar-refractivity contribution in [2.24, 2.45) is 0 Å². The minimum absolute atomic E-state index is 0.354. The smallest absolute Gasteiger partial charge is 0.162 e. The summed E-state index contributed by atoms with van der Waals surface area (Å²) in [7, 11) is 0. The van der Waals surface area contributed by atoms with Crippen molar-refractivity contribution in [3.05, 3.63) is 6.33 Å². The summed E-state index contributed by atoms with van der Waals surface area (Å²) in [6, 6.07) is 0. The largest absolute Gasteiger partial charge is 0.388 e. The van der Waals surface area contributed by atoms with Gasteiger partial charge in [-0.3, -0.25) is 0 Å². The second-order valence-corrected chi connectivity index (χ2v) is 4.72. The van der Waals surface area contributed by atoms with Gasteiger partial charge in [-0.25, -0.2) is 9.97 Å². The van der Waals surface area contributed by atoms with Gasteiger partial charge in [0, 0.05) is 0 Å². The highest BCUT2D eigenvalue weighted by atomic mass is 16.6. The van der Waals surface area contributed by atoms with Crippen LogP contribution in [0.15, 0.2) is 6.33 Å². The molecule has 1 saturated heterocycles. The fraction of sp³-hybridized carbons (Fsp3) is 0.636. The lowest BCUT2D eigenvalue weighted by Crippen LogP contribution is -2.44. The van der Waals surface area contributed by atoms with Gasteiger partial charge in [0.1, 0.15) is 24.2 Å². The van der Waals surface area contributed by atoms with Gasteiger partial charge in [-0.1, -0.05) is 6.92 Å². The molecule has 4 unspecified atom stereocenters. The van der Waals surface area contributed by atoms with Crippen LogP contribution < -0.4 is 16.0 Å². The van der Waals surface area contributed by atoms with E-state index < -0.39 is 18.4 Å². The standard InChI is InChI=1S/C11H17N5O3/c1-2-5-7(17)8(18)11(19-5)16-4-15-6-9(12)13-3-14-10(6)16/h3,5,7-8,11,15,17-18H,2,4H2,1H3,(H2,12,13,14). The molecule has 8 nitrogen and oxygen atoms in total. The Morgan fingerprint density at radius 2 is 2.26 bits per heavy atom. The average Bonchev–Trinajstić information content (AvgIpc) is 2.94. The maximum absolute atomic E-state index is 10.1. The van der Waals surface area contributed by atoms with Crippen molar-refractivity contribution in [1.29, 1.82) is 0 Å². The number of anilines is 3.